The van der Waals surface area contributed by atoms with E-state index in [4.69, 9.17) is 23.0 Å². The number of anilines is 2. The second kappa shape index (κ2) is 8.20. The Bertz CT molecular complexity index is 987. The molecule has 3 rings (SSSR count). The number of aromatic nitrogens is 1. The topological polar surface area (TPSA) is 145 Å². The zero-order valence-electron chi connectivity index (χ0n) is 18.8. The Morgan fingerprint density at radius 2 is 1.84 bits per heavy atom. The second-order valence-electron chi connectivity index (χ2n) is 9.57. The first-order valence-corrected chi connectivity index (χ1v) is 10.4. The van der Waals surface area contributed by atoms with E-state index in [2.05, 4.69) is 37.6 Å². The number of piperidine rings is 1. The standard InChI is InChI=1S/C23H35N7O/c1-22(2)13-17(14-23(3,4)28-22)29-9-7-15(21(29)26)11-19(25)18-6-5-16(12-20(18)31)30(27)10-8-24/h5-12,17,28,31H,13-14,24-27H2,1-4H3/b10-8-,19-11-. The largest absolute Gasteiger partial charge is 0.507 e. The molecular weight excluding hydrogens is 390 g/mol. The summed E-state index contributed by atoms with van der Waals surface area (Å²) in [6.07, 6.45) is 8.56. The van der Waals surface area contributed by atoms with Crippen LogP contribution in [0.3, 0.4) is 0 Å². The van der Waals surface area contributed by atoms with E-state index in [1.807, 2.05) is 12.3 Å². The van der Waals surface area contributed by atoms with Gasteiger partial charge in [-0.2, -0.15) is 0 Å². The first-order valence-electron chi connectivity index (χ1n) is 10.4. The molecule has 2 aromatic rings. The predicted octanol–water partition coefficient (Wildman–Crippen LogP) is 2.82. The maximum Gasteiger partial charge on any atom is 0.127 e. The minimum absolute atomic E-state index is 0.0155. The van der Waals surface area contributed by atoms with Crippen molar-refractivity contribution < 1.29 is 5.11 Å². The highest BCUT2D eigenvalue weighted by Crippen LogP contribution is 2.38. The average Bonchev–Trinajstić information content (AvgIpc) is 2.99. The van der Waals surface area contributed by atoms with E-state index in [0.29, 0.717) is 22.8 Å². The van der Waals surface area contributed by atoms with Crippen LogP contribution in [0.1, 0.15) is 57.7 Å². The monoisotopic (exact) mass is 425 g/mol. The summed E-state index contributed by atoms with van der Waals surface area (Å²) in [6.45, 7) is 8.88. The first-order chi connectivity index (χ1) is 14.4. The Hall–Kier alpha value is -3.10. The molecule has 0 spiro atoms. The number of nitrogens with one attached hydrogen (secondary N) is 1. The van der Waals surface area contributed by atoms with Crippen LogP contribution in [0.25, 0.3) is 11.8 Å². The van der Waals surface area contributed by atoms with Gasteiger partial charge in [0.2, 0.25) is 0 Å². The maximum absolute atomic E-state index is 10.4. The molecular formula is C23H35N7O. The molecule has 8 heteroatoms. The van der Waals surface area contributed by atoms with Crippen molar-refractivity contribution in [1.29, 1.82) is 0 Å². The molecule has 1 aliphatic rings. The van der Waals surface area contributed by atoms with Gasteiger partial charge in [-0.3, -0.25) is 5.01 Å². The Balaban J connectivity index is 1.87. The zero-order valence-corrected chi connectivity index (χ0v) is 18.8. The minimum Gasteiger partial charge on any atom is -0.507 e. The fourth-order valence-electron chi connectivity index (χ4n) is 4.73. The number of phenolic OH excluding ortho intramolecular Hbond substituents is 1. The summed E-state index contributed by atoms with van der Waals surface area (Å²) < 4.78 is 2.14. The molecule has 0 saturated carbocycles. The van der Waals surface area contributed by atoms with Crippen LogP contribution in [0.5, 0.6) is 5.75 Å². The SMILES string of the molecule is CC1(C)CC(n2ccc(/C=C(\N)c3ccc(N(N)/C=C\N)cc3O)c2N)CC(C)(C)N1. The van der Waals surface area contributed by atoms with Crippen molar-refractivity contribution in [3.63, 3.8) is 0 Å². The van der Waals surface area contributed by atoms with Gasteiger partial charge in [0, 0.05) is 58.6 Å². The van der Waals surface area contributed by atoms with Crippen LogP contribution in [-0.4, -0.2) is 20.8 Å². The van der Waals surface area contributed by atoms with E-state index in [1.165, 1.54) is 23.5 Å². The van der Waals surface area contributed by atoms with E-state index < -0.39 is 0 Å². The molecule has 0 amide bonds. The smallest absolute Gasteiger partial charge is 0.127 e. The molecule has 0 bridgehead atoms. The number of nitrogens with zero attached hydrogens (tertiary/aromatic N) is 2. The Morgan fingerprint density at radius 1 is 1.19 bits per heavy atom. The molecule has 1 aliphatic heterocycles. The quantitative estimate of drug-likeness (QED) is 0.319. The van der Waals surface area contributed by atoms with Crippen molar-refractivity contribution in [1.82, 2.24) is 9.88 Å². The number of rotatable bonds is 5. The van der Waals surface area contributed by atoms with Crippen molar-refractivity contribution in [3.05, 3.63) is 54.0 Å². The Morgan fingerprint density at radius 3 is 2.42 bits per heavy atom. The van der Waals surface area contributed by atoms with E-state index in [-0.39, 0.29) is 22.9 Å². The van der Waals surface area contributed by atoms with Gasteiger partial charge >= 0.3 is 0 Å². The highest BCUT2D eigenvalue weighted by atomic mass is 16.3. The van der Waals surface area contributed by atoms with Gasteiger partial charge in [-0.05, 0) is 64.8 Å². The van der Waals surface area contributed by atoms with Crippen LogP contribution in [0.2, 0.25) is 0 Å². The van der Waals surface area contributed by atoms with Gasteiger partial charge in [-0.15, -0.1) is 0 Å². The van der Waals surface area contributed by atoms with E-state index >= 15 is 0 Å². The maximum atomic E-state index is 10.4. The van der Waals surface area contributed by atoms with Crippen LogP contribution < -0.4 is 33.4 Å². The number of benzene rings is 1. The molecule has 1 fully saturated rings. The van der Waals surface area contributed by atoms with Gasteiger partial charge in [-0.1, -0.05) is 0 Å². The van der Waals surface area contributed by atoms with Gasteiger partial charge in [0.1, 0.15) is 11.6 Å². The highest BCUT2D eigenvalue weighted by molar-refractivity contribution is 5.85. The minimum atomic E-state index is 0.0155. The third-order valence-electron chi connectivity index (χ3n) is 5.70. The average molecular weight is 426 g/mol. The molecule has 0 atom stereocenters. The molecule has 0 radical (unpaired) electrons. The summed E-state index contributed by atoms with van der Waals surface area (Å²) in [4.78, 5) is 0. The number of nitrogens with two attached hydrogens (primary N) is 4. The number of aromatic hydroxyl groups is 1. The summed E-state index contributed by atoms with van der Waals surface area (Å²) in [6, 6.07) is 7.25. The van der Waals surface area contributed by atoms with Gasteiger partial charge in [0.05, 0.1) is 5.69 Å². The zero-order chi connectivity index (χ0) is 23.0. The Kier molecular flexibility index (Phi) is 5.98. The highest BCUT2D eigenvalue weighted by Gasteiger charge is 2.38. The normalized spacial score (nSPS) is 19.1. The summed E-state index contributed by atoms with van der Waals surface area (Å²) >= 11 is 0. The second-order valence-corrected chi connectivity index (χ2v) is 9.57. The molecule has 31 heavy (non-hydrogen) atoms. The van der Waals surface area contributed by atoms with Crippen molar-refractivity contribution in [2.75, 3.05) is 10.7 Å². The lowest BCUT2D eigenvalue weighted by Crippen LogP contribution is -2.57. The van der Waals surface area contributed by atoms with Crippen molar-refractivity contribution in [3.8, 4) is 5.75 Å². The molecule has 1 saturated heterocycles. The number of hydrazine groups is 1. The van der Waals surface area contributed by atoms with E-state index in [9.17, 15) is 5.11 Å². The van der Waals surface area contributed by atoms with Gasteiger partial charge in [0.15, 0.2) is 0 Å². The van der Waals surface area contributed by atoms with E-state index in [0.717, 1.165) is 18.4 Å². The summed E-state index contributed by atoms with van der Waals surface area (Å²) in [7, 11) is 0. The molecule has 10 N–H and O–H groups in total. The van der Waals surface area contributed by atoms with Crippen LogP contribution in [0, 0.1) is 0 Å². The van der Waals surface area contributed by atoms with Crippen LogP contribution in [0.4, 0.5) is 11.5 Å². The van der Waals surface area contributed by atoms with Crippen LogP contribution in [0.15, 0.2) is 42.9 Å². The third kappa shape index (κ3) is 4.98. The fourth-order valence-corrected chi connectivity index (χ4v) is 4.73. The molecule has 1 aromatic heterocycles. The summed E-state index contributed by atoms with van der Waals surface area (Å²) in [5.41, 5.74) is 20.5. The third-order valence-corrected chi connectivity index (χ3v) is 5.70. The molecule has 1 aromatic carbocycles. The summed E-state index contributed by atoms with van der Waals surface area (Å²) in [5.74, 6) is 6.53. The molecule has 0 unspecified atom stereocenters. The van der Waals surface area contributed by atoms with Gasteiger partial charge in [0.25, 0.3) is 0 Å². The number of nitrogen functional groups attached to an aromatic ring is 1. The Labute approximate surface area is 184 Å². The lowest BCUT2D eigenvalue weighted by molar-refractivity contribution is 0.134. The van der Waals surface area contributed by atoms with Crippen LogP contribution >= 0.6 is 0 Å². The molecule has 8 nitrogen and oxygen atoms in total. The predicted molar refractivity (Wildman–Crippen MR) is 129 cm³/mol. The number of phenols is 1. The van der Waals surface area contributed by atoms with Crippen molar-refractivity contribution in [2.24, 2.45) is 17.3 Å². The van der Waals surface area contributed by atoms with Crippen molar-refractivity contribution in [2.45, 2.75) is 57.7 Å². The lowest BCUT2D eigenvalue weighted by atomic mass is 9.79. The van der Waals surface area contributed by atoms with Crippen LogP contribution in [-0.2, 0) is 0 Å². The molecule has 168 valence electrons. The molecule has 0 aliphatic carbocycles. The van der Waals surface area contributed by atoms with Gasteiger partial charge in [-0.25, -0.2) is 5.84 Å². The number of hydrogen-bond acceptors (Lipinski definition) is 7. The van der Waals surface area contributed by atoms with Crippen molar-refractivity contribution >= 4 is 23.3 Å². The number of hydrogen-bond donors (Lipinski definition) is 6. The summed E-state index contributed by atoms with van der Waals surface area (Å²) in [5, 5.41) is 15.5. The first kappa shape index (κ1) is 22.6. The van der Waals surface area contributed by atoms with Gasteiger partial charge < -0.3 is 32.2 Å². The molecule has 2 heterocycles. The fraction of sp³-hybridized carbons (Fsp3) is 0.391. The lowest BCUT2D eigenvalue weighted by Gasteiger charge is -2.47. The van der Waals surface area contributed by atoms with E-state index in [1.54, 1.807) is 18.2 Å².